The molecular weight excluding hydrogens is 226 g/mol. The fourth-order valence-corrected chi connectivity index (χ4v) is 1.25. The van der Waals surface area contributed by atoms with E-state index in [1.54, 1.807) is 4.68 Å². The van der Waals surface area contributed by atoms with E-state index in [4.69, 9.17) is 0 Å². The molecule has 0 radical (unpaired) electrons. The number of hydrogen-bond donors (Lipinski definition) is 0. The second-order valence-corrected chi connectivity index (χ2v) is 3.39. The van der Waals surface area contributed by atoms with Crippen LogP contribution in [0.3, 0.4) is 0 Å². The number of nitrogens with zero attached hydrogens (tertiary/aromatic N) is 3. The number of carbonyl (C=O) groups is 2. The molecule has 0 aliphatic rings. The van der Waals surface area contributed by atoms with Crippen LogP contribution in [0, 0.1) is 0 Å². The molecule has 7 nitrogen and oxygen atoms in total. The van der Waals surface area contributed by atoms with Crippen LogP contribution < -0.4 is 0 Å². The van der Waals surface area contributed by atoms with Gasteiger partial charge in [0.15, 0.2) is 5.69 Å². The van der Waals surface area contributed by atoms with Crippen LogP contribution in [-0.4, -0.2) is 41.2 Å². The Morgan fingerprint density at radius 3 is 2.71 bits per heavy atom. The lowest BCUT2D eigenvalue weighted by molar-refractivity contribution is -0.140. The van der Waals surface area contributed by atoms with Gasteiger partial charge < -0.3 is 9.47 Å². The Bertz CT molecular complexity index is 389. The van der Waals surface area contributed by atoms with E-state index in [2.05, 4.69) is 19.8 Å². The lowest BCUT2D eigenvalue weighted by Gasteiger charge is -1.99. The number of unbranched alkanes of at least 4 members (excludes halogenated alkanes) is 1. The zero-order valence-electron chi connectivity index (χ0n) is 9.88. The third kappa shape index (κ3) is 4.21. The first kappa shape index (κ1) is 13.1. The Morgan fingerprint density at radius 1 is 1.29 bits per heavy atom. The number of methoxy groups -OCH3 is 2. The molecule has 0 N–H and O–H groups in total. The highest BCUT2D eigenvalue weighted by Gasteiger charge is 2.10. The summed E-state index contributed by atoms with van der Waals surface area (Å²) >= 11 is 0. The zero-order valence-corrected chi connectivity index (χ0v) is 9.88. The van der Waals surface area contributed by atoms with Crippen molar-refractivity contribution in [1.82, 2.24) is 15.0 Å². The largest absolute Gasteiger partial charge is 0.469 e. The molecule has 0 aromatic carbocycles. The smallest absolute Gasteiger partial charge is 0.360 e. The Balaban J connectivity index is 2.30. The van der Waals surface area contributed by atoms with Crippen molar-refractivity contribution in [3.63, 3.8) is 0 Å². The lowest BCUT2D eigenvalue weighted by Crippen LogP contribution is -2.03. The molecule has 0 spiro atoms. The molecule has 0 fully saturated rings. The predicted octanol–water partition coefficient (Wildman–Crippen LogP) is 0.408. The molecule has 0 atom stereocenters. The average molecular weight is 241 g/mol. The maximum Gasteiger partial charge on any atom is 0.360 e. The topological polar surface area (TPSA) is 83.3 Å². The van der Waals surface area contributed by atoms with Gasteiger partial charge in [-0.1, -0.05) is 5.21 Å². The quantitative estimate of drug-likeness (QED) is 0.529. The molecule has 0 saturated carbocycles. The molecule has 0 amide bonds. The van der Waals surface area contributed by atoms with Gasteiger partial charge in [0.1, 0.15) is 0 Å². The molecule has 0 unspecified atom stereocenters. The van der Waals surface area contributed by atoms with Crippen molar-refractivity contribution in [2.45, 2.75) is 25.8 Å². The molecule has 0 bridgehead atoms. The number of aryl methyl sites for hydroxylation is 1. The van der Waals surface area contributed by atoms with Crippen molar-refractivity contribution in [2.75, 3.05) is 14.2 Å². The van der Waals surface area contributed by atoms with Crippen LogP contribution in [-0.2, 0) is 20.8 Å². The molecule has 17 heavy (non-hydrogen) atoms. The van der Waals surface area contributed by atoms with E-state index >= 15 is 0 Å². The van der Waals surface area contributed by atoms with Gasteiger partial charge >= 0.3 is 11.9 Å². The standard InChI is InChI=1S/C10H15N3O4/c1-16-9(14)5-3-4-6-13-7-8(11-12-13)10(15)17-2/h7H,3-6H2,1-2H3. The van der Waals surface area contributed by atoms with Gasteiger partial charge in [0.25, 0.3) is 0 Å². The van der Waals surface area contributed by atoms with Gasteiger partial charge in [0.05, 0.1) is 20.4 Å². The Hall–Kier alpha value is -1.92. The number of rotatable bonds is 6. The highest BCUT2D eigenvalue weighted by molar-refractivity contribution is 5.86. The summed E-state index contributed by atoms with van der Waals surface area (Å²) in [6.45, 7) is 0.598. The van der Waals surface area contributed by atoms with Crippen molar-refractivity contribution < 1.29 is 19.1 Å². The van der Waals surface area contributed by atoms with E-state index in [0.29, 0.717) is 19.4 Å². The maximum absolute atomic E-state index is 11.1. The summed E-state index contributed by atoms with van der Waals surface area (Å²) in [5.41, 5.74) is 0.181. The van der Waals surface area contributed by atoms with E-state index in [9.17, 15) is 9.59 Å². The first-order chi connectivity index (χ1) is 8.17. The number of hydrogen-bond acceptors (Lipinski definition) is 6. The molecule has 1 rings (SSSR count). The van der Waals surface area contributed by atoms with Crippen molar-refractivity contribution in [2.24, 2.45) is 0 Å². The minimum absolute atomic E-state index is 0.181. The number of carbonyl (C=O) groups excluding carboxylic acids is 2. The molecule has 0 saturated heterocycles. The minimum atomic E-state index is -0.509. The molecule has 7 heteroatoms. The monoisotopic (exact) mass is 241 g/mol. The summed E-state index contributed by atoms with van der Waals surface area (Å²) in [5.74, 6) is -0.732. The van der Waals surface area contributed by atoms with Crippen LogP contribution in [0.4, 0.5) is 0 Å². The van der Waals surface area contributed by atoms with E-state index in [-0.39, 0.29) is 11.7 Å². The molecule has 94 valence electrons. The van der Waals surface area contributed by atoms with Crippen LogP contribution in [0.25, 0.3) is 0 Å². The van der Waals surface area contributed by atoms with E-state index in [1.807, 2.05) is 0 Å². The molecule has 0 aliphatic carbocycles. The maximum atomic E-state index is 11.1. The van der Waals surface area contributed by atoms with Crippen molar-refractivity contribution in [3.05, 3.63) is 11.9 Å². The SMILES string of the molecule is COC(=O)CCCCn1cc(C(=O)OC)nn1. The van der Waals surface area contributed by atoms with Crippen molar-refractivity contribution >= 4 is 11.9 Å². The molecule has 1 aromatic heterocycles. The van der Waals surface area contributed by atoms with Gasteiger partial charge in [-0.25, -0.2) is 4.79 Å². The second kappa shape index (κ2) is 6.62. The summed E-state index contributed by atoms with van der Waals surface area (Å²) in [6, 6.07) is 0. The number of aromatic nitrogens is 3. The van der Waals surface area contributed by atoms with Crippen LogP contribution in [0.2, 0.25) is 0 Å². The number of ether oxygens (including phenoxy) is 2. The highest BCUT2D eigenvalue weighted by atomic mass is 16.5. The van der Waals surface area contributed by atoms with Crippen LogP contribution in [0.15, 0.2) is 6.20 Å². The van der Waals surface area contributed by atoms with Crippen LogP contribution in [0.5, 0.6) is 0 Å². The van der Waals surface area contributed by atoms with Gasteiger partial charge in [-0.05, 0) is 12.8 Å². The summed E-state index contributed by atoms with van der Waals surface area (Å²) in [6.07, 6.45) is 3.37. The summed E-state index contributed by atoms with van der Waals surface area (Å²) in [7, 11) is 2.65. The number of esters is 2. The molecular formula is C10H15N3O4. The van der Waals surface area contributed by atoms with Crippen molar-refractivity contribution in [3.8, 4) is 0 Å². The predicted molar refractivity (Wildman–Crippen MR) is 57.2 cm³/mol. The summed E-state index contributed by atoms with van der Waals surface area (Å²) < 4.78 is 10.6. The third-order valence-electron chi connectivity index (χ3n) is 2.18. The molecule has 1 heterocycles. The first-order valence-corrected chi connectivity index (χ1v) is 5.22. The Labute approximate surface area is 98.7 Å². The first-order valence-electron chi connectivity index (χ1n) is 5.22. The van der Waals surface area contributed by atoms with Gasteiger partial charge in [0.2, 0.25) is 0 Å². The Kier molecular flexibility index (Phi) is 5.12. The van der Waals surface area contributed by atoms with Crippen LogP contribution >= 0.6 is 0 Å². The summed E-state index contributed by atoms with van der Waals surface area (Å²) in [4.78, 5) is 21.9. The van der Waals surface area contributed by atoms with E-state index < -0.39 is 5.97 Å². The van der Waals surface area contributed by atoms with Gasteiger partial charge in [0, 0.05) is 13.0 Å². The van der Waals surface area contributed by atoms with Gasteiger partial charge in [-0.3, -0.25) is 9.48 Å². The zero-order chi connectivity index (χ0) is 12.7. The summed E-state index contributed by atoms with van der Waals surface area (Å²) in [5, 5.41) is 7.44. The normalized spacial score (nSPS) is 10.0. The average Bonchev–Trinajstić information content (AvgIpc) is 2.82. The van der Waals surface area contributed by atoms with Gasteiger partial charge in [-0.15, -0.1) is 5.10 Å². The second-order valence-electron chi connectivity index (χ2n) is 3.39. The van der Waals surface area contributed by atoms with E-state index in [1.165, 1.54) is 20.4 Å². The minimum Gasteiger partial charge on any atom is -0.469 e. The van der Waals surface area contributed by atoms with Crippen LogP contribution in [0.1, 0.15) is 29.8 Å². The highest BCUT2D eigenvalue weighted by Crippen LogP contribution is 2.01. The van der Waals surface area contributed by atoms with E-state index in [0.717, 1.165) is 6.42 Å². The molecule has 0 aliphatic heterocycles. The Morgan fingerprint density at radius 2 is 2.06 bits per heavy atom. The van der Waals surface area contributed by atoms with Gasteiger partial charge in [-0.2, -0.15) is 0 Å². The lowest BCUT2D eigenvalue weighted by atomic mass is 10.2. The third-order valence-corrected chi connectivity index (χ3v) is 2.18. The molecule has 1 aromatic rings. The fourth-order valence-electron chi connectivity index (χ4n) is 1.25. The fraction of sp³-hybridized carbons (Fsp3) is 0.600. The van der Waals surface area contributed by atoms with Crippen molar-refractivity contribution in [1.29, 1.82) is 0 Å².